The predicted molar refractivity (Wildman–Crippen MR) is 91.3 cm³/mol. The highest BCUT2D eigenvalue weighted by molar-refractivity contribution is 5.88. The van der Waals surface area contributed by atoms with Gasteiger partial charge in [-0.3, -0.25) is 10.1 Å². The summed E-state index contributed by atoms with van der Waals surface area (Å²) >= 11 is 0. The van der Waals surface area contributed by atoms with Crippen molar-refractivity contribution in [2.24, 2.45) is 0 Å². The Bertz CT molecular complexity index is 1020. The van der Waals surface area contributed by atoms with Crippen LogP contribution in [-0.2, 0) is 0 Å². The number of nitrogens with zero attached hydrogens (tertiary/aromatic N) is 2. The summed E-state index contributed by atoms with van der Waals surface area (Å²) in [5.41, 5.74) is -1.68. The monoisotopic (exact) mass is 379 g/mol. The number of nitro benzene ring substituents is 1. The van der Waals surface area contributed by atoms with Crippen LogP contribution >= 0.6 is 0 Å². The van der Waals surface area contributed by atoms with E-state index in [0.29, 0.717) is 17.1 Å². The Morgan fingerprint density at radius 1 is 1.33 bits per heavy atom. The van der Waals surface area contributed by atoms with Gasteiger partial charge in [0.05, 0.1) is 34.7 Å². The number of allylic oxidation sites excluding steroid dienone is 1. The number of aromatic amines is 1. The highest BCUT2D eigenvalue weighted by Gasteiger charge is 2.37. The minimum Gasteiger partial charge on any atom is -0.502 e. The van der Waals surface area contributed by atoms with Gasteiger partial charge in [0.25, 0.3) is 0 Å². The standard InChI is InChI=1S/C17H12F3N3O4/c1-27-10-6-9(15(24)14(8-10)23(25)26)7-11(17(18,19)20)16-21-12-4-2-3-5-13(12)22-16/h2-8,24H,1H3,(H,21,22)/b11-7-. The number of aromatic nitrogens is 2. The normalized spacial score (nSPS) is 12.4. The first kappa shape index (κ1) is 18.2. The van der Waals surface area contributed by atoms with Gasteiger partial charge in [0.15, 0.2) is 0 Å². The number of alkyl halides is 3. The molecule has 0 saturated heterocycles. The van der Waals surface area contributed by atoms with Gasteiger partial charge in [0, 0.05) is 5.56 Å². The number of aromatic hydroxyl groups is 1. The van der Waals surface area contributed by atoms with Crippen molar-refractivity contribution in [3.63, 3.8) is 0 Å². The van der Waals surface area contributed by atoms with E-state index in [9.17, 15) is 28.4 Å². The lowest BCUT2D eigenvalue weighted by Gasteiger charge is -2.11. The van der Waals surface area contributed by atoms with Crippen molar-refractivity contribution in [1.82, 2.24) is 9.97 Å². The summed E-state index contributed by atoms with van der Waals surface area (Å²) in [6.07, 6.45) is -4.25. The molecule has 0 saturated carbocycles. The number of nitro groups is 1. The van der Waals surface area contributed by atoms with E-state index in [1.165, 1.54) is 13.2 Å². The van der Waals surface area contributed by atoms with Crippen molar-refractivity contribution in [2.75, 3.05) is 7.11 Å². The van der Waals surface area contributed by atoms with Gasteiger partial charge in [0.1, 0.15) is 11.6 Å². The minimum absolute atomic E-state index is 0.0723. The average molecular weight is 379 g/mol. The number of hydrogen-bond donors (Lipinski definition) is 2. The van der Waals surface area contributed by atoms with E-state index < -0.39 is 39.5 Å². The van der Waals surface area contributed by atoms with E-state index in [-0.39, 0.29) is 5.75 Å². The molecule has 2 N–H and O–H groups in total. The van der Waals surface area contributed by atoms with E-state index in [1.807, 2.05) is 0 Å². The molecular weight excluding hydrogens is 367 g/mol. The fraction of sp³-hybridized carbons (Fsp3) is 0.118. The Labute approximate surface area is 149 Å². The molecule has 0 unspecified atom stereocenters. The van der Waals surface area contributed by atoms with Crippen LogP contribution in [0.15, 0.2) is 36.4 Å². The van der Waals surface area contributed by atoms with Gasteiger partial charge >= 0.3 is 11.9 Å². The van der Waals surface area contributed by atoms with Crippen molar-refractivity contribution in [3.8, 4) is 11.5 Å². The zero-order valence-corrected chi connectivity index (χ0v) is 13.7. The van der Waals surface area contributed by atoms with E-state index >= 15 is 0 Å². The van der Waals surface area contributed by atoms with Crippen LogP contribution in [0.2, 0.25) is 0 Å². The van der Waals surface area contributed by atoms with Gasteiger partial charge in [-0.2, -0.15) is 13.2 Å². The molecule has 3 aromatic rings. The zero-order chi connectivity index (χ0) is 19.8. The van der Waals surface area contributed by atoms with Crippen molar-refractivity contribution >= 4 is 28.4 Å². The molecule has 1 aromatic heterocycles. The third kappa shape index (κ3) is 3.54. The molecule has 0 spiro atoms. The second-order valence-corrected chi connectivity index (χ2v) is 5.50. The number of phenolic OH excluding ortho intramolecular Hbond substituents is 1. The molecule has 0 fully saturated rings. The van der Waals surface area contributed by atoms with Gasteiger partial charge in [-0.1, -0.05) is 12.1 Å². The number of nitrogens with one attached hydrogen (secondary N) is 1. The number of H-pyrrole nitrogens is 1. The van der Waals surface area contributed by atoms with Gasteiger partial charge in [0.2, 0.25) is 5.75 Å². The molecule has 0 amide bonds. The van der Waals surface area contributed by atoms with Gasteiger partial charge in [-0.25, -0.2) is 4.98 Å². The molecular formula is C17H12F3N3O4. The molecule has 140 valence electrons. The molecule has 27 heavy (non-hydrogen) atoms. The van der Waals surface area contributed by atoms with Crippen molar-refractivity contribution in [2.45, 2.75) is 6.18 Å². The fourth-order valence-corrected chi connectivity index (χ4v) is 2.50. The number of para-hydroxylation sites is 2. The quantitative estimate of drug-likeness (QED) is 0.520. The van der Waals surface area contributed by atoms with Crippen molar-refractivity contribution in [1.29, 1.82) is 0 Å². The molecule has 0 radical (unpaired) electrons. The summed E-state index contributed by atoms with van der Waals surface area (Å²) in [6.45, 7) is 0. The first-order chi connectivity index (χ1) is 12.7. The third-order valence-corrected chi connectivity index (χ3v) is 3.77. The molecule has 1 heterocycles. The smallest absolute Gasteiger partial charge is 0.419 e. The molecule has 0 aliphatic heterocycles. The third-order valence-electron chi connectivity index (χ3n) is 3.77. The Morgan fingerprint density at radius 2 is 2.04 bits per heavy atom. The van der Waals surface area contributed by atoms with Crippen molar-refractivity contribution < 1.29 is 27.9 Å². The number of fused-ring (bicyclic) bond motifs is 1. The molecule has 0 aliphatic rings. The van der Waals surface area contributed by atoms with E-state index in [1.54, 1.807) is 18.2 Å². The Morgan fingerprint density at radius 3 is 2.63 bits per heavy atom. The van der Waals surface area contributed by atoms with Gasteiger partial charge in [-0.05, 0) is 24.3 Å². The van der Waals surface area contributed by atoms with Crippen LogP contribution in [0.3, 0.4) is 0 Å². The maximum Gasteiger partial charge on any atom is 0.419 e. The maximum absolute atomic E-state index is 13.6. The van der Waals surface area contributed by atoms with Crippen LogP contribution in [0.5, 0.6) is 11.5 Å². The topological polar surface area (TPSA) is 101 Å². The number of hydrogen-bond acceptors (Lipinski definition) is 5. The summed E-state index contributed by atoms with van der Waals surface area (Å²) in [5.74, 6) is -1.45. The Balaban J connectivity index is 2.23. The lowest BCUT2D eigenvalue weighted by Crippen LogP contribution is -2.12. The predicted octanol–water partition coefficient (Wildman–Crippen LogP) is 4.29. The van der Waals surface area contributed by atoms with Crippen LogP contribution in [0.25, 0.3) is 22.7 Å². The number of ether oxygens (including phenoxy) is 1. The minimum atomic E-state index is -4.84. The lowest BCUT2D eigenvalue weighted by atomic mass is 10.1. The van der Waals surface area contributed by atoms with Crippen LogP contribution in [0, 0.1) is 10.1 Å². The number of methoxy groups -OCH3 is 1. The molecule has 2 aromatic carbocycles. The van der Waals surface area contributed by atoms with Gasteiger partial charge < -0.3 is 14.8 Å². The summed E-state index contributed by atoms with van der Waals surface area (Å²) in [6, 6.07) is 8.35. The highest BCUT2D eigenvalue weighted by atomic mass is 19.4. The Hall–Kier alpha value is -3.56. The van der Waals surface area contributed by atoms with Crippen LogP contribution < -0.4 is 4.74 Å². The molecule has 0 atom stereocenters. The molecule has 0 aliphatic carbocycles. The SMILES string of the molecule is COc1cc(/C=C(/c2nc3ccccc3[nH]2)C(F)(F)F)c(O)c([N+](=O)[O-])c1. The second-order valence-electron chi connectivity index (χ2n) is 5.50. The van der Waals surface area contributed by atoms with E-state index in [4.69, 9.17) is 4.74 Å². The maximum atomic E-state index is 13.6. The first-order valence-electron chi connectivity index (χ1n) is 7.50. The Kier molecular flexibility index (Phi) is 4.48. The van der Waals surface area contributed by atoms with Crippen molar-refractivity contribution in [3.05, 3.63) is 57.9 Å². The fourth-order valence-electron chi connectivity index (χ4n) is 2.50. The lowest BCUT2D eigenvalue weighted by molar-refractivity contribution is -0.385. The highest BCUT2D eigenvalue weighted by Crippen LogP contribution is 2.40. The summed E-state index contributed by atoms with van der Waals surface area (Å²) in [4.78, 5) is 16.6. The zero-order valence-electron chi connectivity index (χ0n) is 13.7. The van der Waals surface area contributed by atoms with E-state index in [2.05, 4.69) is 9.97 Å². The number of imidazole rings is 1. The summed E-state index contributed by atoms with van der Waals surface area (Å²) in [7, 11) is 1.20. The van der Waals surface area contributed by atoms with E-state index in [0.717, 1.165) is 12.1 Å². The average Bonchev–Trinajstić information content (AvgIpc) is 3.02. The molecule has 7 nitrogen and oxygen atoms in total. The number of phenols is 1. The van der Waals surface area contributed by atoms with Crippen LogP contribution in [0.4, 0.5) is 18.9 Å². The van der Waals surface area contributed by atoms with Crippen LogP contribution in [-0.4, -0.2) is 33.3 Å². The second kappa shape index (κ2) is 6.63. The summed E-state index contributed by atoms with van der Waals surface area (Å²) in [5, 5.41) is 21.1. The molecule has 10 heteroatoms. The molecule has 0 bridgehead atoms. The number of rotatable bonds is 4. The summed E-state index contributed by atoms with van der Waals surface area (Å²) < 4.78 is 45.7. The number of benzene rings is 2. The van der Waals surface area contributed by atoms with Gasteiger partial charge in [-0.15, -0.1) is 0 Å². The largest absolute Gasteiger partial charge is 0.502 e. The number of halogens is 3. The van der Waals surface area contributed by atoms with Crippen LogP contribution in [0.1, 0.15) is 11.4 Å². The first-order valence-corrected chi connectivity index (χ1v) is 7.50. The molecule has 3 rings (SSSR count).